The summed E-state index contributed by atoms with van der Waals surface area (Å²) in [6.45, 7) is 2.77. The fourth-order valence-electron chi connectivity index (χ4n) is 1.39. The lowest BCUT2D eigenvalue weighted by Gasteiger charge is -2.07. The standard InChI is InChI=1S/C12H11Cl2NS/c1-8-2-3-12(11(14)4-8)15-6-10-5-9(13)7-16-10/h2-5,7,15H,6H2,1H3. The van der Waals surface area contributed by atoms with Gasteiger partial charge in [0.1, 0.15) is 0 Å². The Kier molecular flexibility index (Phi) is 3.74. The van der Waals surface area contributed by atoms with Gasteiger partial charge in [-0.1, -0.05) is 29.3 Å². The Morgan fingerprint density at radius 1 is 1.25 bits per heavy atom. The molecule has 0 amide bonds. The van der Waals surface area contributed by atoms with E-state index in [4.69, 9.17) is 23.2 Å². The molecule has 0 unspecified atom stereocenters. The van der Waals surface area contributed by atoms with E-state index in [9.17, 15) is 0 Å². The maximum Gasteiger partial charge on any atom is 0.0640 e. The summed E-state index contributed by atoms with van der Waals surface area (Å²) in [5.41, 5.74) is 2.12. The van der Waals surface area contributed by atoms with Gasteiger partial charge in [0.05, 0.1) is 15.7 Å². The summed E-state index contributed by atoms with van der Waals surface area (Å²) in [4.78, 5) is 1.20. The van der Waals surface area contributed by atoms with E-state index >= 15 is 0 Å². The maximum atomic E-state index is 6.12. The molecule has 0 bridgehead atoms. The molecule has 0 spiro atoms. The van der Waals surface area contributed by atoms with Crippen LogP contribution in [0.3, 0.4) is 0 Å². The lowest BCUT2D eigenvalue weighted by atomic mass is 10.2. The van der Waals surface area contributed by atoms with Gasteiger partial charge in [-0.25, -0.2) is 0 Å². The molecular weight excluding hydrogens is 261 g/mol. The predicted octanol–water partition coefficient (Wildman–Crippen LogP) is 4.98. The zero-order valence-electron chi connectivity index (χ0n) is 8.76. The van der Waals surface area contributed by atoms with E-state index in [0.29, 0.717) is 0 Å². The summed E-state index contributed by atoms with van der Waals surface area (Å²) >= 11 is 13.6. The van der Waals surface area contributed by atoms with Gasteiger partial charge >= 0.3 is 0 Å². The number of hydrogen-bond donors (Lipinski definition) is 1. The third kappa shape index (κ3) is 2.91. The Balaban J connectivity index is 2.04. The molecule has 0 aliphatic heterocycles. The van der Waals surface area contributed by atoms with Gasteiger partial charge in [0.2, 0.25) is 0 Å². The van der Waals surface area contributed by atoms with Crippen LogP contribution in [-0.4, -0.2) is 0 Å². The number of thiophene rings is 1. The van der Waals surface area contributed by atoms with Gasteiger partial charge < -0.3 is 5.32 Å². The van der Waals surface area contributed by atoms with Crippen molar-refractivity contribution >= 4 is 40.2 Å². The number of halogens is 2. The highest BCUT2D eigenvalue weighted by Crippen LogP contribution is 2.25. The number of rotatable bonds is 3. The summed E-state index contributed by atoms with van der Waals surface area (Å²) in [5, 5.41) is 6.76. The van der Waals surface area contributed by atoms with Crippen LogP contribution in [0.2, 0.25) is 10.0 Å². The van der Waals surface area contributed by atoms with E-state index in [2.05, 4.69) is 5.32 Å². The fraction of sp³-hybridized carbons (Fsp3) is 0.167. The largest absolute Gasteiger partial charge is 0.379 e. The fourth-order valence-corrected chi connectivity index (χ4v) is 2.71. The summed E-state index contributed by atoms with van der Waals surface area (Å²) in [7, 11) is 0. The molecule has 0 saturated carbocycles. The first kappa shape index (κ1) is 11.8. The van der Waals surface area contributed by atoms with Crippen LogP contribution in [0.15, 0.2) is 29.6 Å². The van der Waals surface area contributed by atoms with Crippen molar-refractivity contribution in [2.45, 2.75) is 13.5 Å². The van der Waals surface area contributed by atoms with Crippen LogP contribution >= 0.6 is 34.5 Å². The molecule has 84 valence electrons. The smallest absolute Gasteiger partial charge is 0.0640 e. The van der Waals surface area contributed by atoms with Crippen molar-refractivity contribution in [3.63, 3.8) is 0 Å². The SMILES string of the molecule is Cc1ccc(NCc2cc(Cl)cs2)c(Cl)c1. The van der Waals surface area contributed by atoms with Crippen molar-refractivity contribution in [2.75, 3.05) is 5.32 Å². The second kappa shape index (κ2) is 5.09. The first-order chi connectivity index (χ1) is 7.65. The minimum Gasteiger partial charge on any atom is -0.379 e. The molecule has 2 aromatic rings. The Bertz CT molecular complexity index is 494. The Labute approximate surface area is 109 Å². The minimum absolute atomic E-state index is 0.750. The molecule has 0 aliphatic rings. The molecule has 0 saturated heterocycles. The van der Waals surface area contributed by atoms with Gasteiger partial charge in [0.15, 0.2) is 0 Å². The molecule has 1 N–H and O–H groups in total. The zero-order valence-corrected chi connectivity index (χ0v) is 11.1. The van der Waals surface area contributed by atoms with Crippen LogP contribution in [0.1, 0.15) is 10.4 Å². The number of hydrogen-bond acceptors (Lipinski definition) is 2. The monoisotopic (exact) mass is 271 g/mol. The molecule has 4 heteroatoms. The van der Waals surface area contributed by atoms with Crippen molar-refractivity contribution in [3.8, 4) is 0 Å². The molecule has 16 heavy (non-hydrogen) atoms. The van der Waals surface area contributed by atoms with Crippen LogP contribution < -0.4 is 5.32 Å². The molecule has 0 fully saturated rings. The van der Waals surface area contributed by atoms with E-state index in [1.165, 1.54) is 4.88 Å². The minimum atomic E-state index is 0.750. The number of anilines is 1. The van der Waals surface area contributed by atoms with Gasteiger partial charge in [0, 0.05) is 16.8 Å². The summed E-state index contributed by atoms with van der Waals surface area (Å²) in [5.74, 6) is 0. The molecule has 0 atom stereocenters. The van der Waals surface area contributed by atoms with E-state index in [-0.39, 0.29) is 0 Å². The highest BCUT2D eigenvalue weighted by atomic mass is 35.5. The first-order valence-electron chi connectivity index (χ1n) is 4.88. The molecule has 1 aromatic heterocycles. The van der Waals surface area contributed by atoms with E-state index < -0.39 is 0 Å². The van der Waals surface area contributed by atoms with E-state index in [0.717, 1.165) is 27.8 Å². The number of aryl methyl sites for hydroxylation is 1. The van der Waals surface area contributed by atoms with E-state index in [1.807, 2.05) is 36.6 Å². The maximum absolute atomic E-state index is 6.12. The molecule has 0 aliphatic carbocycles. The molecule has 1 nitrogen and oxygen atoms in total. The third-order valence-electron chi connectivity index (χ3n) is 2.20. The molecule has 1 aromatic carbocycles. The van der Waals surface area contributed by atoms with Crippen LogP contribution in [0.4, 0.5) is 5.69 Å². The van der Waals surface area contributed by atoms with Gasteiger partial charge in [0.25, 0.3) is 0 Å². The van der Waals surface area contributed by atoms with Crippen molar-refractivity contribution in [1.29, 1.82) is 0 Å². The normalized spacial score (nSPS) is 10.4. The van der Waals surface area contributed by atoms with Gasteiger partial charge in [-0.15, -0.1) is 11.3 Å². The zero-order chi connectivity index (χ0) is 11.5. The first-order valence-corrected chi connectivity index (χ1v) is 6.51. The second-order valence-corrected chi connectivity index (χ2v) is 5.41. The van der Waals surface area contributed by atoms with Gasteiger partial charge in [-0.3, -0.25) is 0 Å². The summed E-state index contributed by atoms with van der Waals surface area (Å²) < 4.78 is 0. The predicted molar refractivity (Wildman–Crippen MR) is 72.8 cm³/mol. The Morgan fingerprint density at radius 2 is 2.06 bits per heavy atom. The lowest BCUT2D eigenvalue weighted by molar-refractivity contribution is 1.19. The van der Waals surface area contributed by atoms with Crippen LogP contribution in [0.25, 0.3) is 0 Å². The average Bonchev–Trinajstić information content (AvgIpc) is 2.63. The Hall–Kier alpha value is -0.700. The summed E-state index contributed by atoms with van der Waals surface area (Å²) in [6.07, 6.45) is 0. The van der Waals surface area contributed by atoms with Crippen molar-refractivity contribution < 1.29 is 0 Å². The third-order valence-corrected chi connectivity index (χ3v) is 3.80. The van der Waals surface area contributed by atoms with Crippen molar-refractivity contribution in [2.24, 2.45) is 0 Å². The second-order valence-electron chi connectivity index (χ2n) is 3.57. The van der Waals surface area contributed by atoms with Crippen molar-refractivity contribution in [3.05, 3.63) is 50.1 Å². The number of nitrogens with one attached hydrogen (secondary N) is 1. The van der Waals surface area contributed by atoms with Crippen LogP contribution in [0, 0.1) is 6.92 Å². The highest BCUT2D eigenvalue weighted by molar-refractivity contribution is 7.10. The Morgan fingerprint density at radius 3 is 2.69 bits per heavy atom. The van der Waals surface area contributed by atoms with Gasteiger partial charge in [-0.2, -0.15) is 0 Å². The highest BCUT2D eigenvalue weighted by Gasteiger charge is 2.01. The summed E-state index contributed by atoms with van der Waals surface area (Å²) in [6, 6.07) is 7.94. The molecule has 1 heterocycles. The van der Waals surface area contributed by atoms with E-state index in [1.54, 1.807) is 11.3 Å². The van der Waals surface area contributed by atoms with Gasteiger partial charge in [-0.05, 0) is 30.7 Å². The van der Waals surface area contributed by atoms with Crippen LogP contribution in [0.5, 0.6) is 0 Å². The number of benzene rings is 1. The lowest BCUT2D eigenvalue weighted by Crippen LogP contribution is -1.97. The average molecular weight is 272 g/mol. The molecule has 2 rings (SSSR count). The van der Waals surface area contributed by atoms with Crippen LogP contribution in [-0.2, 0) is 6.54 Å². The topological polar surface area (TPSA) is 12.0 Å². The molecular formula is C12H11Cl2NS. The quantitative estimate of drug-likeness (QED) is 0.831. The molecule has 0 radical (unpaired) electrons. The van der Waals surface area contributed by atoms with Crippen molar-refractivity contribution in [1.82, 2.24) is 0 Å².